The fourth-order valence-electron chi connectivity index (χ4n) is 5.05. The first-order valence-electron chi connectivity index (χ1n) is 14.0. The van der Waals surface area contributed by atoms with E-state index in [2.05, 4.69) is 65.6 Å². The number of hydrogen-bond donors (Lipinski definition) is 2. The molecule has 2 amide bonds. The number of aromatic nitrogens is 2. The fraction of sp³-hybridized carbons (Fsp3) is 0.212. The lowest BCUT2D eigenvalue weighted by molar-refractivity contribution is 0.262. The highest BCUT2D eigenvalue weighted by atomic mass is 28.4. The number of amides is 2. The van der Waals surface area contributed by atoms with Gasteiger partial charge in [0.05, 0.1) is 18.5 Å². The van der Waals surface area contributed by atoms with Crippen molar-refractivity contribution in [3.05, 3.63) is 103 Å². The molecule has 218 valence electrons. The molecule has 0 spiro atoms. The zero-order chi connectivity index (χ0) is 30.3. The summed E-state index contributed by atoms with van der Waals surface area (Å²) in [5, 5.41) is 16.9. The molecule has 1 aliphatic heterocycles. The first-order chi connectivity index (χ1) is 20.8. The third-order valence-corrected chi connectivity index (χ3v) is 11.9. The van der Waals surface area contributed by atoms with Crippen LogP contribution in [0.15, 0.2) is 97.2 Å². The quantitative estimate of drug-likeness (QED) is 0.233. The Labute approximate surface area is 252 Å². The number of nitrogens with one attached hydrogen (secondary N) is 2. The molecule has 0 atom stereocenters. The van der Waals surface area contributed by atoms with E-state index in [1.54, 1.807) is 12.1 Å². The van der Waals surface area contributed by atoms with Crippen molar-refractivity contribution < 1.29 is 18.7 Å². The molecule has 1 aliphatic rings. The van der Waals surface area contributed by atoms with Gasteiger partial charge in [-0.25, -0.2) is 9.78 Å². The first kappa shape index (κ1) is 29.4. The number of carbonyl (C=O) groups is 1. The predicted octanol–water partition coefficient (Wildman–Crippen LogP) is 5.65. The third-order valence-electron chi connectivity index (χ3n) is 7.00. The molecular formula is C33H33N5O4Si. The van der Waals surface area contributed by atoms with Gasteiger partial charge in [-0.2, -0.15) is 10.2 Å². The molecule has 0 radical (unpaired) electrons. The Morgan fingerprint density at radius 2 is 1.63 bits per heavy atom. The summed E-state index contributed by atoms with van der Waals surface area (Å²) in [7, 11) is -2.91. The van der Waals surface area contributed by atoms with Crippen molar-refractivity contribution in [3.8, 4) is 23.4 Å². The lowest BCUT2D eigenvalue weighted by Crippen LogP contribution is -2.68. The van der Waals surface area contributed by atoms with Crippen molar-refractivity contribution in [3.63, 3.8) is 0 Å². The van der Waals surface area contributed by atoms with Gasteiger partial charge in [0.2, 0.25) is 5.69 Å². The van der Waals surface area contributed by atoms with E-state index in [1.165, 1.54) is 6.20 Å². The van der Waals surface area contributed by atoms with Gasteiger partial charge in [-0.1, -0.05) is 93.6 Å². The topological polar surface area (TPSA) is 118 Å². The summed E-state index contributed by atoms with van der Waals surface area (Å²) >= 11 is 0. The summed E-state index contributed by atoms with van der Waals surface area (Å²) in [5.41, 5.74) is 0.465. The van der Waals surface area contributed by atoms with E-state index in [9.17, 15) is 10.1 Å². The molecule has 9 nitrogen and oxygen atoms in total. The van der Waals surface area contributed by atoms with Gasteiger partial charge >= 0.3 is 14.3 Å². The largest absolute Gasteiger partial charge is 0.534 e. The molecule has 2 bridgehead atoms. The molecule has 0 saturated carbocycles. The second-order valence-corrected chi connectivity index (χ2v) is 15.2. The van der Waals surface area contributed by atoms with Crippen molar-refractivity contribution in [1.82, 2.24) is 9.97 Å². The highest BCUT2D eigenvalue weighted by Crippen LogP contribution is 2.39. The molecule has 0 saturated heterocycles. The number of carbonyl (C=O) groups excluding carboxylic acids is 1. The Bertz CT molecular complexity index is 1610. The first-order valence-corrected chi connectivity index (χ1v) is 15.9. The van der Waals surface area contributed by atoms with Crippen LogP contribution in [0.1, 0.15) is 32.9 Å². The van der Waals surface area contributed by atoms with Gasteiger partial charge in [0.25, 0.3) is 5.88 Å². The van der Waals surface area contributed by atoms with E-state index >= 15 is 0 Å². The van der Waals surface area contributed by atoms with Gasteiger partial charge in [0, 0.05) is 6.07 Å². The molecule has 0 unspecified atom stereocenters. The molecule has 3 aromatic carbocycles. The summed E-state index contributed by atoms with van der Waals surface area (Å²) < 4.78 is 18.8. The lowest BCUT2D eigenvalue weighted by Gasteiger charge is -2.43. The van der Waals surface area contributed by atoms with Crippen molar-refractivity contribution in [2.45, 2.75) is 32.2 Å². The maximum Gasteiger partial charge on any atom is 0.325 e. The highest BCUT2D eigenvalue weighted by molar-refractivity contribution is 7.00. The maximum absolute atomic E-state index is 13.1. The average molecular weight is 592 g/mol. The number of nitrogens with zero attached hydrogens (tertiary/aromatic N) is 3. The Kier molecular flexibility index (Phi) is 8.73. The van der Waals surface area contributed by atoms with E-state index in [0.717, 1.165) is 10.4 Å². The van der Waals surface area contributed by atoms with Crippen LogP contribution < -0.4 is 34.9 Å². The minimum Gasteiger partial charge on any atom is -0.534 e. The minimum atomic E-state index is -2.91. The van der Waals surface area contributed by atoms with Gasteiger partial charge in [-0.15, -0.1) is 0 Å². The maximum atomic E-state index is 13.1. The number of urea groups is 1. The summed E-state index contributed by atoms with van der Waals surface area (Å²) in [6.07, 6.45) is 5.67. The van der Waals surface area contributed by atoms with Crippen LogP contribution in [0.3, 0.4) is 0 Å². The number of rotatable bonds is 4. The number of ether oxygens (including phenoxy) is 2. The van der Waals surface area contributed by atoms with Crippen LogP contribution in [0.25, 0.3) is 0 Å². The van der Waals surface area contributed by atoms with Crippen LogP contribution >= 0.6 is 0 Å². The van der Waals surface area contributed by atoms with E-state index in [1.807, 2.05) is 60.7 Å². The fourth-order valence-corrected chi connectivity index (χ4v) is 9.46. The summed E-state index contributed by atoms with van der Waals surface area (Å²) in [6, 6.07) is 27.5. The zero-order valence-electron chi connectivity index (χ0n) is 24.3. The number of anilines is 2. The van der Waals surface area contributed by atoms with Gasteiger partial charge in [-0.05, 0) is 34.0 Å². The second-order valence-electron chi connectivity index (χ2n) is 10.9. The van der Waals surface area contributed by atoms with Crippen molar-refractivity contribution in [2.24, 2.45) is 0 Å². The number of nitriles is 1. The van der Waals surface area contributed by atoms with Crippen LogP contribution in [0.2, 0.25) is 5.04 Å². The number of hydrogen-bond acceptors (Lipinski definition) is 7. The Balaban J connectivity index is 1.54. The molecular weight excluding hydrogens is 558 g/mol. The van der Waals surface area contributed by atoms with E-state index < -0.39 is 14.3 Å². The predicted molar refractivity (Wildman–Crippen MR) is 169 cm³/mol. The third kappa shape index (κ3) is 6.52. The van der Waals surface area contributed by atoms with Gasteiger partial charge in [-0.3, -0.25) is 5.32 Å². The zero-order valence-corrected chi connectivity index (χ0v) is 25.3. The van der Waals surface area contributed by atoms with Crippen LogP contribution in [0, 0.1) is 11.3 Å². The number of benzene rings is 3. The van der Waals surface area contributed by atoms with Crippen molar-refractivity contribution >= 4 is 36.2 Å². The molecule has 0 fully saturated rings. The molecule has 10 heteroatoms. The van der Waals surface area contributed by atoms with Gasteiger partial charge < -0.3 is 19.2 Å². The van der Waals surface area contributed by atoms with Crippen LogP contribution in [0.5, 0.6) is 17.4 Å². The lowest BCUT2D eigenvalue weighted by atomic mass is 10.2. The Morgan fingerprint density at radius 3 is 2.28 bits per heavy atom. The molecule has 4 aromatic rings. The molecule has 5 rings (SSSR count). The van der Waals surface area contributed by atoms with Crippen LogP contribution in [-0.4, -0.2) is 37.5 Å². The standard InChI is InChI=1S/C33H33N5O4Si/c1-33(2,3)43(25-13-7-4-8-14-25,26-15-9-5-10-16-26)42-24-17-18-29-27(21-24)36-32(39)38-30-23-35-28(22-34)31(37-30)41-20-12-6-11-19-40-29/h4-11,13-18,21,23H,12,19-20H2,1-3H3,(H2,36,37,38,39)/b11-6+. The van der Waals surface area contributed by atoms with Crippen molar-refractivity contribution in [2.75, 3.05) is 23.8 Å². The highest BCUT2D eigenvalue weighted by Gasteiger charge is 2.52. The van der Waals surface area contributed by atoms with Gasteiger partial charge in [0.1, 0.15) is 24.2 Å². The molecule has 2 heterocycles. The normalized spacial score (nSPS) is 14.6. The van der Waals surface area contributed by atoms with E-state index in [0.29, 0.717) is 23.6 Å². The van der Waals surface area contributed by atoms with Gasteiger partial charge in [0.15, 0.2) is 5.82 Å². The molecule has 43 heavy (non-hydrogen) atoms. The van der Waals surface area contributed by atoms with Crippen molar-refractivity contribution in [1.29, 1.82) is 5.26 Å². The summed E-state index contributed by atoms with van der Waals surface area (Å²) in [4.78, 5) is 21.5. The Hall–Kier alpha value is -5.14. The van der Waals surface area contributed by atoms with Crippen LogP contribution in [0.4, 0.5) is 16.3 Å². The smallest absolute Gasteiger partial charge is 0.325 e. The van der Waals surface area contributed by atoms with E-state index in [-0.39, 0.29) is 35.6 Å². The summed E-state index contributed by atoms with van der Waals surface area (Å²) in [5.74, 6) is 1.27. The monoisotopic (exact) mass is 591 g/mol. The summed E-state index contributed by atoms with van der Waals surface area (Å²) in [6.45, 7) is 7.19. The average Bonchev–Trinajstić information content (AvgIpc) is 3.00. The van der Waals surface area contributed by atoms with E-state index in [4.69, 9.17) is 13.9 Å². The Morgan fingerprint density at radius 1 is 0.930 bits per heavy atom. The van der Waals surface area contributed by atoms with Crippen LogP contribution in [-0.2, 0) is 0 Å². The second kappa shape index (κ2) is 12.8. The number of fused-ring (bicyclic) bond motifs is 3. The molecule has 1 aromatic heterocycles. The molecule has 2 N–H and O–H groups in total. The minimum absolute atomic E-state index is 0.0399. The SMILES string of the molecule is CC(C)(C)[Si](Oc1ccc2c(c1)NC(=O)Nc1cnc(C#N)c(n1)OCC/C=C/CO2)(c1ccccc1)c1ccccc1. The molecule has 0 aliphatic carbocycles.